The Bertz CT molecular complexity index is 276. The van der Waals surface area contributed by atoms with Gasteiger partial charge in [0.05, 0.1) is 0 Å². The first-order chi connectivity index (χ1) is 9.38. The maximum absolute atomic E-state index is 2.34. The van der Waals surface area contributed by atoms with E-state index in [9.17, 15) is 0 Å². The summed E-state index contributed by atoms with van der Waals surface area (Å²) in [7, 11) is 0. The van der Waals surface area contributed by atoms with Gasteiger partial charge in [0.25, 0.3) is 0 Å². The van der Waals surface area contributed by atoms with Crippen LogP contribution in [-0.4, -0.2) is 0 Å². The van der Waals surface area contributed by atoms with Crippen LogP contribution in [0, 0.1) is 0 Å². The topological polar surface area (TPSA) is 0 Å². The van der Waals surface area contributed by atoms with Gasteiger partial charge >= 0.3 is 0 Å². The highest BCUT2D eigenvalue weighted by molar-refractivity contribution is 7.10. The fraction of sp³-hybridized carbons (Fsp3) is 0.778. The molecule has 110 valence electrons. The Kier molecular flexibility index (Phi) is 10.2. The molecule has 0 aromatic carbocycles. The zero-order valence-corrected chi connectivity index (χ0v) is 13.8. The van der Waals surface area contributed by atoms with Crippen LogP contribution >= 0.6 is 11.3 Å². The molecular weight excluding hydrogens is 248 g/mol. The smallest absolute Gasteiger partial charge is 0.00761 e. The SMILES string of the molecule is CCCCCCCCCC(CCCC)c1cccs1. The van der Waals surface area contributed by atoms with Crippen molar-refractivity contribution in [1.29, 1.82) is 0 Å². The van der Waals surface area contributed by atoms with Crippen LogP contribution in [0.1, 0.15) is 95.3 Å². The first-order valence-electron chi connectivity index (χ1n) is 8.41. The van der Waals surface area contributed by atoms with E-state index >= 15 is 0 Å². The summed E-state index contributed by atoms with van der Waals surface area (Å²) in [6, 6.07) is 4.55. The van der Waals surface area contributed by atoms with Gasteiger partial charge in [-0.05, 0) is 30.2 Å². The van der Waals surface area contributed by atoms with Crippen LogP contribution in [0.3, 0.4) is 0 Å². The Labute approximate surface area is 124 Å². The molecule has 19 heavy (non-hydrogen) atoms. The molecule has 0 radical (unpaired) electrons. The summed E-state index contributed by atoms with van der Waals surface area (Å²) in [6.45, 7) is 4.60. The lowest BCUT2D eigenvalue weighted by Crippen LogP contribution is -1.97. The van der Waals surface area contributed by atoms with E-state index in [-0.39, 0.29) is 0 Å². The van der Waals surface area contributed by atoms with Gasteiger partial charge in [-0.2, -0.15) is 0 Å². The van der Waals surface area contributed by atoms with Crippen molar-refractivity contribution in [2.24, 2.45) is 0 Å². The highest BCUT2D eigenvalue weighted by Crippen LogP contribution is 2.31. The van der Waals surface area contributed by atoms with Gasteiger partial charge in [0.15, 0.2) is 0 Å². The fourth-order valence-electron chi connectivity index (χ4n) is 2.75. The van der Waals surface area contributed by atoms with Crippen LogP contribution in [0.25, 0.3) is 0 Å². The lowest BCUT2D eigenvalue weighted by molar-refractivity contribution is 0.504. The van der Waals surface area contributed by atoms with Crippen LogP contribution < -0.4 is 0 Å². The zero-order valence-electron chi connectivity index (χ0n) is 13.0. The molecule has 1 heteroatoms. The summed E-state index contributed by atoms with van der Waals surface area (Å²) in [5, 5.41) is 2.24. The highest BCUT2D eigenvalue weighted by atomic mass is 32.1. The van der Waals surface area contributed by atoms with Crippen molar-refractivity contribution in [3.05, 3.63) is 22.4 Å². The molecule has 0 aliphatic heterocycles. The first-order valence-corrected chi connectivity index (χ1v) is 9.29. The maximum Gasteiger partial charge on any atom is 0.00761 e. The third-order valence-electron chi connectivity index (χ3n) is 4.01. The van der Waals surface area contributed by atoms with Crippen LogP contribution in [0.5, 0.6) is 0 Å². The number of unbranched alkanes of at least 4 members (excludes halogenated alkanes) is 7. The summed E-state index contributed by atoms with van der Waals surface area (Å²) in [6.07, 6.45) is 15.5. The van der Waals surface area contributed by atoms with E-state index in [4.69, 9.17) is 0 Å². The maximum atomic E-state index is 2.34. The molecule has 1 atom stereocenters. The van der Waals surface area contributed by atoms with Crippen LogP contribution in [0.15, 0.2) is 17.5 Å². The van der Waals surface area contributed by atoms with Gasteiger partial charge in [0, 0.05) is 4.88 Å². The van der Waals surface area contributed by atoms with Crippen molar-refractivity contribution in [3.8, 4) is 0 Å². The Hall–Kier alpha value is -0.300. The predicted molar refractivity (Wildman–Crippen MR) is 89.2 cm³/mol. The van der Waals surface area contributed by atoms with Gasteiger partial charge in [-0.15, -0.1) is 11.3 Å². The lowest BCUT2D eigenvalue weighted by Gasteiger charge is -2.15. The van der Waals surface area contributed by atoms with Crippen LogP contribution in [0.4, 0.5) is 0 Å². The number of hydrogen-bond donors (Lipinski definition) is 0. The van der Waals surface area contributed by atoms with Crippen molar-refractivity contribution in [1.82, 2.24) is 0 Å². The average molecular weight is 281 g/mol. The second-order valence-corrected chi connectivity index (χ2v) is 6.74. The monoisotopic (exact) mass is 280 g/mol. The number of hydrogen-bond acceptors (Lipinski definition) is 1. The lowest BCUT2D eigenvalue weighted by atomic mass is 9.93. The van der Waals surface area contributed by atoms with Gasteiger partial charge < -0.3 is 0 Å². The number of rotatable bonds is 12. The Morgan fingerprint density at radius 2 is 1.47 bits per heavy atom. The molecule has 0 aliphatic rings. The van der Waals surface area contributed by atoms with E-state index < -0.39 is 0 Å². The molecule has 0 spiro atoms. The second-order valence-electron chi connectivity index (χ2n) is 5.76. The summed E-state index contributed by atoms with van der Waals surface area (Å²) >= 11 is 1.96. The minimum absolute atomic E-state index is 0.843. The van der Waals surface area contributed by atoms with E-state index in [1.165, 1.54) is 70.6 Å². The van der Waals surface area contributed by atoms with Crippen molar-refractivity contribution in [3.63, 3.8) is 0 Å². The van der Waals surface area contributed by atoms with Crippen LogP contribution in [-0.2, 0) is 0 Å². The fourth-order valence-corrected chi connectivity index (χ4v) is 3.65. The molecule has 0 N–H and O–H groups in total. The van der Waals surface area contributed by atoms with Crippen molar-refractivity contribution < 1.29 is 0 Å². The van der Waals surface area contributed by atoms with Gasteiger partial charge in [0.1, 0.15) is 0 Å². The molecular formula is C18H32S. The van der Waals surface area contributed by atoms with E-state index in [1.807, 2.05) is 11.3 Å². The molecule has 0 saturated heterocycles. The van der Waals surface area contributed by atoms with E-state index in [0.29, 0.717) is 0 Å². The first kappa shape index (κ1) is 16.8. The highest BCUT2D eigenvalue weighted by Gasteiger charge is 2.11. The summed E-state index contributed by atoms with van der Waals surface area (Å²) < 4.78 is 0. The standard InChI is InChI=1S/C18H32S/c1-3-5-7-8-9-10-11-14-17(13-6-4-2)18-15-12-16-19-18/h12,15-17H,3-11,13-14H2,1-2H3. The molecule has 0 aliphatic carbocycles. The normalized spacial score (nSPS) is 12.7. The molecule has 0 amide bonds. The summed E-state index contributed by atoms with van der Waals surface area (Å²) in [4.78, 5) is 1.62. The molecule has 0 nitrogen and oxygen atoms in total. The van der Waals surface area contributed by atoms with Gasteiger partial charge in [-0.25, -0.2) is 0 Å². The molecule has 0 fully saturated rings. The van der Waals surface area contributed by atoms with Gasteiger partial charge in [-0.3, -0.25) is 0 Å². The molecule has 1 aromatic heterocycles. The molecule has 0 bridgehead atoms. The van der Waals surface area contributed by atoms with E-state index in [0.717, 1.165) is 5.92 Å². The molecule has 1 rings (SSSR count). The largest absolute Gasteiger partial charge is 0.149 e. The third-order valence-corrected chi connectivity index (χ3v) is 5.04. The molecule has 1 aromatic rings. The van der Waals surface area contributed by atoms with Crippen molar-refractivity contribution in [2.75, 3.05) is 0 Å². The Balaban J connectivity index is 2.15. The minimum Gasteiger partial charge on any atom is -0.149 e. The third kappa shape index (κ3) is 7.77. The zero-order chi connectivity index (χ0) is 13.8. The minimum atomic E-state index is 0.843. The van der Waals surface area contributed by atoms with Crippen molar-refractivity contribution in [2.45, 2.75) is 90.4 Å². The predicted octanol–water partition coefficient (Wildman–Crippen LogP) is 7.16. The number of thiophene rings is 1. The average Bonchev–Trinajstić information content (AvgIpc) is 2.95. The van der Waals surface area contributed by atoms with Gasteiger partial charge in [-0.1, -0.05) is 77.7 Å². The molecule has 1 unspecified atom stereocenters. The van der Waals surface area contributed by atoms with E-state index in [1.54, 1.807) is 4.88 Å². The van der Waals surface area contributed by atoms with Crippen molar-refractivity contribution >= 4 is 11.3 Å². The molecule has 1 heterocycles. The van der Waals surface area contributed by atoms with E-state index in [2.05, 4.69) is 31.4 Å². The quantitative estimate of drug-likeness (QED) is 0.356. The Morgan fingerprint density at radius 1 is 0.842 bits per heavy atom. The summed E-state index contributed by atoms with van der Waals surface area (Å²) in [5.41, 5.74) is 0. The second kappa shape index (κ2) is 11.5. The Morgan fingerprint density at radius 3 is 2.11 bits per heavy atom. The summed E-state index contributed by atoms with van der Waals surface area (Å²) in [5.74, 6) is 0.843. The van der Waals surface area contributed by atoms with Crippen LogP contribution in [0.2, 0.25) is 0 Å². The van der Waals surface area contributed by atoms with Gasteiger partial charge in [0.2, 0.25) is 0 Å². The molecule has 0 saturated carbocycles.